The quantitative estimate of drug-likeness (QED) is 0.678. The third-order valence-electron chi connectivity index (χ3n) is 2.29. The second kappa shape index (κ2) is 6.71. The van der Waals surface area contributed by atoms with Crippen molar-refractivity contribution in [3.63, 3.8) is 0 Å². The Labute approximate surface area is 125 Å². The SMILES string of the molecule is CSc1nnc(NC(=O)c2ccc(OC(C)C)cc2)s1. The number of aromatic nitrogens is 2. The number of nitrogens with zero attached hydrogens (tertiary/aromatic N) is 2. The summed E-state index contributed by atoms with van der Waals surface area (Å²) in [4.78, 5) is 12.0. The van der Waals surface area contributed by atoms with Crippen LogP contribution in [0.25, 0.3) is 0 Å². The van der Waals surface area contributed by atoms with Gasteiger partial charge < -0.3 is 4.74 Å². The van der Waals surface area contributed by atoms with Gasteiger partial charge in [0.1, 0.15) is 5.75 Å². The van der Waals surface area contributed by atoms with Gasteiger partial charge >= 0.3 is 0 Å². The normalized spacial score (nSPS) is 10.6. The van der Waals surface area contributed by atoms with Crippen LogP contribution in [0.15, 0.2) is 28.6 Å². The maximum absolute atomic E-state index is 12.0. The molecule has 0 atom stereocenters. The molecule has 0 saturated heterocycles. The number of hydrogen-bond acceptors (Lipinski definition) is 6. The molecule has 0 unspecified atom stereocenters. The fraction of sp³-hybridized carbons (Fsp3) is 0.308. The summed E-state index contributed by atoms with van der Waals surface area (Å²) >= 11 is 2.85. The standard InChI is InChI=1S/C13H15N3O2S2/c1-8(2)18-10-6-4-9(5-7-10)11(17)14-12-15-16-13(19-3)20-12/h4-8H,1-3H3,(H,14,15,17). The molecular formula is C13H15N3O2S2. The lowest BCUT2D eigenvalue weighted by Crippen LogP contribution is -2.12. The van der Waals surface area contributed by atoms with Gasteiger partial charge in [-0.1, -0.05) is 23.1 Å². The molecule has 0 saturated carbocycles. The zero-order chi connectivity index (χ0) is 14.5. The predicted molar refractivity (Wildman–Crippen MR) is 81.8 cm³/mol. The predicted octanol–water partition coefficient (Wildman–Crippen LogP) is 3.30. The number of carbonyl (C=O) groups excluding carboxylic acids is 1. The summed E-state index contributed by atoms with van der Waals surface area (Å²) in [7, 11) is 0. The number of benzene rings is 1. The zero-order valence-electron chi connectivity index (χ0n) is 11.4. The van der Waals surface area contributed by atoms with Gasteiger partial charge in [0.2, 0.25) is 5.13 Å². The minimum Gasteiger partial charge on any atom is -0.491 e. The second-order valence-electron chi connectivity index (χ2n) is 4.22. The van der Waals surface area contributed by atoms with E-state index in [1.807, 2.05) is 20.1 Å². The summed E-state index contributed by atoms with van der Waals surface area (Å²) in [6.45, 7) is 3.92. The molecule has 0 fully saturated rings. The highest BCUT2D eigenvalue weighted by atomic mass is 32.2. The first kappa shape index (κ1) is 14.8. The molecule has 0 spiro atoms. The van der Waals surface area contributed by atoms with Gasteiger partial charge in [0, 0.05) is 5.56 Å². The van der Waals surface area contributed by atoms with Crippen molar-refractivity contribution in [2.45, 2.75) is 24.3 Å². The summed E-state index contributed by atoms with van der Waals surface area (Å²) < 4.78 is 6.35. The third kappa shape index (κ3) is 3.94. The van der Waals surface area contributed by atoms with Crippen LogP contribution in [0.1, 0.15) is 24.2 Å². The van der Waals surface area contributed by atoms with Crippen molar-refractivity contribution in [2.24, 2.45) is 0 Å². The van der Waals surface area contributed by atoms with E-state index in [4.69, 9.17) is 4.74 Å². The van der Waals surface area contributed by atoms with Gasteiger partial charge in [-0.2, -0.15) is 0 Å². The summed E-state index contributed by atoms with van der Waals surface area (Å²) in [5.74, 6) is 0.544. The molecule has 106 valence electrons. The number of hydrogen-bond donors (Lipinski definition) is 1. The van der Waals surface area contributed by atoms with Crippen molar-refractivity contribution in [1.82, 2.24) is 10.2 Å². The molecule has 1 heterocycles. The molecule has 7 heteroatoms. The number of ether oxygens (including phenoxy) is 1. The van der Waals surface area contributed by atoms with E-state index in [9.17, 15) is 4.79 Å². The van der Waals surface area contributed by atoms with Crippen LogP contribution in [-0.2, 0) is 0 Å². The summed E-state index contributed by atoms with van der Waals surface area (Å²) in [5, 5.41) is 11.1. The molecule has 1 aromatic carbocycles. The number of carbonyl (C=O) groups is 1. The van der Waals surface area contributed by atoms with E-state index in [0.717, 1.165) is 10.1 Å². The van der Waals surface area contributed by atoms with Crippen LogP contribution >= 0.6 is 23.1 Å². The topological polar surface area (TPSA) is 64.1 Å². The molecule has 20 heavy (non-hydrogen) atoms. The van der Waals surface area contributed by atoms with Gasteiger partial charge in [0.05, 0.1) is 6.10 Å². The van der Waals surface area contributed by atoms with Crippen molar-refractivity contribution < 1.29 is 9.53 Å². The molecule has 2 rings (SSSR count). The van der Waals surface area contributed by atoms with E-state index < -0.39 is 0 Å². The first-order valence-corrected chi connectivity index (χ1v) is 8.08. The summed E-state index contributed by atoms with van der Waals surface area (Å²) in [5.41, 5.74) is 0.557. The Morgan fingerprint density at radius 1 is 1.30 bits per heavy atom. The van der Waals surface area contributed by atoms with Gasteiger partial charge in [-0.05, 0) is 44.4 Å². The van der Waals surface area contributed by atoms with Crippen molar-refractivity contribution >= 4 is 34.1 Å². The molecule has 5 nitrogen and oxygen atoms in total. The summed E-state index contributed by atoms with van der Waals surface area (Å²) in [6.07, 6.45) is 2.03. The molecule has 0 aliphatic carbocycles. The van der Waals surface area contributed by atoms with Crippen molar-refractivity contribution in [3.05, 3.63) is 29.8 Å². The Morgan fingerprint density at radius 3 is 2.55 bits per heavy atom. The van der Waals surface area contributed by atoms with Gasteiger partial charge in [-0.25, -0.2) is 0 Å². The van der Waals surface area contributed by atoms with Gasteiger partial charge in [0.15, 0.2) is 4.34 Å². The molecular weight excluding hydrogens is 294 g/mol. The fourth-order valence-electron chi connectivity index (χ4n) is 1.47. The zero-order valence-corrected chi connectivity index (χ0v) is 13.0. The molecule has 0 aliphatic rings. The number of rotatable bonds is 5. The largest absolute Gasteiger partial charge is 0.491 e. The summed E-state index contributed by atoms with van der Waals surface area (Å²) in [6, 6.07) is 7.01. The van der Waals surface area contributed by atoms with E-state index in [0.29, 0.717) is 10.7 Å². The van der Waals surface area contributed by atoms with E-state index >= 15 is 0 Å². The first-order valence-electron chi connectivity index (χ1n) is 6.04. The van der Waals surface area contributed by atoms with Gasteiger partial charge in [-0.15, -0.1) is 10.2 Å². The lowest BCUT2D eigenvalue weighted by molar-refractivity contribution is 0.102. The molecule has 1 amide bonds. The van der Waals surface area contributed by atoms with Crippen molar-refractivity contribution in [1.29, 1.82) is 0 Å². The lowest BCUT2D eigenvalue weighted by atomic mass is 10.2. The fourth-order valence-corrected chi connectivity index (χ4v) is 2.63. The van der Waals surface area contributed by atoms with Gasteiger partial charge in [-0.3, -0.25) is 10.1 Å². The Bertz CT molecular complexity index is 582. The molecule has 0 bridgehead atoms. The van der Waals surface area contributed by atoms with E-state index in [-0.39, 0.29) is 12.0 Å². The lowest BCUT2D eigenvalue weighted by Gasteiger charge is -2.09. The van der Waals surface area contributed by atoms with Crippen LogP contribution in [0.5, 0.6) is 5.75 Å². The Kier molecular flexibility index (Phi) is 4.97. The maximum Gasteiger partial charge on any atom is 0.257 e. The highest BCUT2D eigenvalue weighted by Crippen LogP contribution is 2.23. The number of amides is 1. The number of nitrogens with one attached hydrogen (secondary N) is 1. The second-order valence-corrected chi connectivity index (χ2v) is 6.25. The molecule has 1 N–H and O–H groups in total. The maximum atomic E-state index is 12.0. The van der Waals surface area contributed by atoms with Crippen molar-refractivity contribution in [2.75, 3.05) is 11.6 Å². The van der Waals surface area contributed by atoms with Crippen LogP contribution in [0.3, 0.4) is 0 Å². The molecule has 1 aromatic heterocycles. The Hall–Kier alpha value is -1.60. The van der Waals surface area contributed by atoms with E-state index in [1.165, 1.54) is 23.1 Å². The smallest absolute Gasteiger partial charge is 0.257 e. The molecule has 0 aliphatic heterocycles. The number of thioether (sulfide) groups is 1. The van der Waals surface area contributed by atoms with Crippen LogP contribution in [0.4, 0.5) is 5.13 Å². The van der Waals surface area contributed by atoms with Gasteiger partial charge in [0.25, 0.3) is 5.91 Å². The average Bonchev–Trinajstić information content (AvgIpc) is 2.86. The van der Waals surface area contributed by atoms with E-state index in [2.05, 4.69) is 15.5 Å². The minimum absolute atomic E-state index is 0.112. The number of anilines is 1. The van der Waals surface area contributed by atoms with Crippen LogP contribution in [0.2, 0.25) is 0 Å². The van der Waals surface area contributed by atoms with Crippen LogP contribution < -0.4 is 10.1 Å². The third-order valence-corrected chi connectivity index (χ3v) is 4.10. The molecule has 2 aromatic rings. The molecule has 0 radical (unpaired) electrons. The van der Waals surface area contributed by atoms with Crippen molar-refractivity contribution in [3.8, 4) is 5.75 Å². The highest BCUT2D eigenvalue weighted by Gasteiger charge is 2.10. The Balaban J connectivity index is 2.01. The highest BCUT2D eigenvalue weighted by molar-refractivity contribution is 8.00. The Morgan fingerprint density at radius 2 is 2.00 bits per heavy atom. The first-order chi connectivity index (χ1) is 9.58. The van der Waals surface area contributed by atoms with Crippen LogP contribution in [-0.4, -0.2) is 28.5 Å². The van der Waals surface area contributed by atoms with E-state index in [1.54, 1.807) is 24.3 Å². The average molecular weight is 309 g/mol. The monoisotopic (exact) mass is 309 g/mol. The minimum atomic E-state index is -0.204. The van der Waals surface area contributed by atoms with Crippen LogP contribution in [0, 0.1) is 0 Å².